The van der Waals surface area contributed by atoms with E-state index in [0.717, 1.165) is 27.9 Å². The molecule has 0 aliphatic carbocycles. The summed E-state index contributed by atoms with van der Waals surface area (Å²) in [5.41, 5.74) is 12.0. The maximum atomic E-state index is 9.06. The molecular weight excluding hydrogens is 450 g/mol. The number of aromatic nitrogens is 3. The molecule has 8 heteroatoms. The molecule has 0 saturated heterocycles. The Balaban J connectivity index is 1.70. The normalized spacial score (nSPS) is 13.3. The summed E-state index contributed by atoms with van der Waals surface area (Å²) in [6, 6.07) is 17.3. The summed E-state index contributed by atoms with van der Waals surface area (Å²) in [4.78, 5) is 4.11. The van der Waals surface area contributed by atoms with Gasteiger partial charge in [0.2, 0.25) is 5.88 Å². The number of nitrogens with zero attached hydrogens (tertiary/aromatic N) is 4. The van der Waals surface area contributed by atoms with Gasteiger partial charge in [0.1, 0.15) is 5.75 Å². The first kappa shape index (κ1) is 24.5. The van der Waals surface area contributed by atoms with Crippen molar-refractivity contribution in [1.29, 1.82) is 5.26 Å². The summed E-state index contributed by atoms with van der Waals surface area (Å²) >= 11 is 0. The molecule has 4 rings (SSSR count). The van der Waals surface area contributed by atoms with E-state index in [4.69, 9.17) is 15.7 Å². The monoisotopic (exact) mass is 479 g/mol. The Bertz CT molecular complexity index is 1510. The quantitative estimate of drug-likeness (QED) is 0.349. The van der Waals surface area contributed by atoms with Crippen LogP contribution in [0.5, 0.6) is 5.75 Å². The zero-order chi connectivity index (χ0) is 25.9. The highest BCUT2D eigenvalue weighted by molar-refractivity contribution is 5.67. The fourth-order valence-corrected chi connectivity index (χ4v) is 3.92. The first-order valence-corrected chi connectivity index (χ1v) is 11.4. The number of ether oxygens (including phenoxy) is 1. The van der Waals surface area contributed by atoms with Crippen LogP contribution in [0.3, 0.4) is 0 Å². The third-order valence-corrected chi connectivity index (χ3v) is 5.78. The van der Waals surface area contributed by atoms with Gasteiger partial charge in [-0.15, -0.1) is 0 Å². The van der Waals surface area contributed by atoms with E-state index in [1.807, 2.05) is 33.0 Å². The first-order chi connectivity index (χ1) is 17.2. The molecule has 0 spiro atoms. The molecule has 182 valence electrons. The van der Waals surface area contributed by atoms with E-state index in [1.165, 1.54) is 0 Å². The van der Waals surface area contributed by atoms with Crippen molar-refractivity contribution in [3.8, 4) is 22.9 Å². The van der Waals surface area contributed by atoms with Crippen molar-refractivity contribution in [3.63, 3.8) is 0 Å². The molecule has 0 aliphatic rings. The van der Waals surface area contributed by atoms with Crippen molar-refractivity contribution in [2.75, 3.05) is 5.32 Å². The van der Waals surface area contributed by atoms with Crippen LogP contribution in [-0.2, 0) is 7.05 Å². The Hall–Kier alpha value is -4.61. The smallest absolute Gasteiger partial charge is 0.207 e. The number of hydrogen-bond acceptors (Lipinski definition) is 7. The van der Waals surface area contributed by atoms with Gasteiger partial charge in [0, 0.05) is 25.1 Å². The van der Waals surface area contributed by atoms with E-state index in [9.17, 15) is 0 Å². The number of nitriles is 1. The van der Waals surface area contributed by atoms with Gasteiger partial charge >= 0.3 is 0 Å². The summed E-state index contributed by atoms with van der Waals surface area (Å²) in [5.74, 6) is 0.0275. The van der Waals surface area contributed by atoms with Gasteiger partial charge in [0.05, 0.1) is 28.4 Å². The van der Waals surface area contributed by atoms with Crippen LogP contribution in [0.15, 0.2) is 67.1 Å². The summed E-state index contributed by atoms with van der Waals surface area (Å²) < 4.78 is 8.17. The lowest BCUT2D eigenvalue weighted by molar-refractivity contribution is 0.388. The van der Waals surface area contributed by atoms with Gasteiger partial charge < -0.3 is 15.4 Å². The van der Waals surface area contributed by atoms with Crippen LogP contribution < -0.4 is 31.7 Å². The van der Waals surface area contributed by atoms with Crippen LogP contribution in [-0.4, -0.2) is 20.6 Å². The molecule has 8 nitrogen and oxygen atoms in total. The molecule has 0 radical (unpaired) electrons. The molecule has 4 aromatic rings. The summed E-state index contributed by atoms with van der Waals surface area (Å²) in [5, 5.41) is 21.3. The Labute approximate surface area is 210 Å². The van der Waals surface area contributed by atoms with Crippen molar-refractivity contribution in [2.45, 2.75) is 26.6 Å². The van der Waals surface area contributed by atoms with E-state index in [2.05, 4.69) is 45.5 Å². The highest BCUT2D eigenvalue weighted by atomic mass is 16.5. The maximum Gasteiger partial charge on any atom is 0.207 e. The van der Waals surface area contributed by atoms with E-state index in [0.29, 0.717) is 27.8 Å². The Morgan fingerprint density at radius 2 is 1.72 bits per heavy atom. The fraction of sp³-hybridized carbons (Fsp3) is 0.179. The fourth-order valence-electron chi connectivity index (χ4n) is 3.92. The van der Waals surface area contributed by atoms with Crippen molar-refractivity contribution in [2.24, 2.45) is 12.8 Å². The van der Waals surface area contributed by atoms with E-state index in [-0.39, 0.29) is 0 Å². The van der Waals surface area contributed by atoms with Gasteiger partial charge in [0.15, 0.2) is 5.79 Å². The van der Waals surface area contributed by atoms with Crippen LogP contribution in [0, 0.1) is 25.2 Å². The van der Waals surface area contributed by atoms with Gasteiger partial charge in [-0.1, -0.05) is 6.58 Å². The SMILES string of the molecule is C=c1/c(=C(\NC(C)(N)Nc2ccc(C#N)cc2)Oc2c(C)cc(-c3ccncc3)cc2C)cnn1C. The molecule has 0 bridgehead atoms. The second kappa shape index (κ2) is 9.94. The van der Waals surface area contributed by atoms with E-state index in [1.54, 1.807) is 54.5 Å². The number of nitrogens with one attached hydrogen (secondary N) is 2. The lowest BCUT2D eigenvalue weighted by Gasteiger charge is -2.31. The molecule has 4 N–H and O–H groups in total. The molecule has 0 saturated carbocycles. The topological polar surface area (TPSA) is 114 Å². The molecule has 2 aromatic carbocycles. The highest BCUT2D eigenvalue weighted by Gasteiger charge is 2.22. The third-order valence-electron chi connectivity index (χ3n) is 5.78. The predicted octanol–water partition coefficient (Wildman–Crippen LogP) is 2.86. The molecule has 0 aliphatic heterocycles. The highest BCUT2D eigenvalue weighted by Crippen LogP contribution is 2.31. The Kier molecular flexibility index (Phi) is 6.77. The zero-order valence-electron chi connectivity index (χ0n) is 20.8. The number of nitrogens with two attached hydrogens (primary N) is 1. The van der Waals surface area contributed by atoms with Gasteiger partial charge in [-0.3, -0.25) is 15.4 Å². The van der Waals surface area contributed by atoms with Gasteiger partial charge in [-0.25, -0.2) is 0 Å². The molecular formula is C28H29N7O. The molecule has 1 unspecified atom stereocenters. The van der Waals surface area contributed by atoms with Crippen LogP contribution in [0.1, 0.15) is 23.6 Å². The number of pyridine rings is 1. The molecule has 0 fully saturated rings. The lowest BCUT2D eigenvalue weighted by atomic mass is 10.0. The minimum atomic E-state index is -1.11. The predicted molar refractivity (Wildman–Crippen MR) is 142 cm³/mol. The lowest BCUT2D eigenvalue weighted by Crippen LogP contribution is -2.58. The van der Waals surface area contributed by atoms with Crippen molar-refractivity contribution in [3.05, 3.63) is 94.4 Å². The number of benzene rings is 2. The average Bonchev–Trinajstić information content (AvgIpc) is 3.19. The Morgan fingerprint density at radius 1 is 1.08 bits per heavy atom. The molecule has 1 atom stereocenters. The maximum absolute atomic E-state index is 9.06. The molecule has 2 aromatic heterocycles. The van der Waals surface area contributed by atoms with Crippen LogP contribution in [0.25, 0.3) is 23.6 Å². The second-order valence-corrected chi connectivity index (χ2v) is 8.88. The molecule has 0 amide bonds. The van der Waals surface area contributed by atoms with E-state index >= 15 is 0 Å². The standard InChI is InChI=1S/C28H29N7O/c1-18-14-23(22-10-12-31-13-11-22)15-19(2)26(18)36-27(25-17-32-35(5)20(25)3)34-28(4,30)33-24-8-6-21(16-29)7-9-24/h6-15,17,33-34H,3,30H2,1-2,4-5H3/b27-25+. The second-order valence-electron chi connectivity index (χ2n) is 8.88. The van der Waals surface area contributed by atoms with Gasteiger partial charge in [0.25, 0.3) is 0 Å². The first-order valence-electron chi connectivity index (χ1n) is 11.4. The van der Waals surface area contributed by atoms with Crippen LogP contribution in [0.4, 0.5) is 5.69 Å². The molecule has 2 heterocycles. The average molecular weight is 480 g/mol. The van der Waals surface area contributed by atoms with E-state index < -0.39 is 5.79 Å². The van der Waals surface area contributed by atoms with Gasteiger partial charge in [-0.05, 0) is 91.6 Å². The van der Waals surface area contributed by atoms with Crippen LogP contribution >= 0.6 is 0 Å². The van der Waals surface area contributed by atoms with Crippen molar-refractivity contribution < 1.29 is 4.74 Å². The summed E-state index contributed by atoms with van der Waals surface area (Å²) in [7, 11) is 1.82. The number of rotatable bonds is 7. The summed E-state index contributed by atoms with van der Waals surface area (Å²) in [6.07, 6.45) is 5.25. The largest absolute Gasteiger partial charge is 0.440 e. The minimum Gasteiger partial charge on any atom is -0.440 e. The number of anilines is 1. The Morgan fingerprint density at radius 3 is 2.28 bits per heavy atom. The zero-order valence-corrected chi connectivity index (χ0v) is 20.8. The third kappa shape index (κ3) is 5.37. The minimum absolute atomic E-state index is 0.419. The van der Waals surface area contributed by atoms with Crippen molar-refractivity contribution >= 4 is 18.1 Å². The number of aryl methyl sites for hydroxylation is 3. The number of hydrogen-bond donors (Lipinski definition) is 3. The summed E-state index contributed by atoms with van der Waals surface area (Å²) in [6.45, 7) is 9.95. The molecule has 36 heavy (non-hydrogen) atoms. The van der Waals surface area contributed by atoms with Crippen LogP contribution in [0.2, 0.25) is 0 Å². The van der Waals surface area contributed by atoms with Gasteiger partial charge in [-0.2, -0.15) is 10.4 Å². The van der Waals surface area contributed by atoms with Crippen molar-refractivity contribution in [1.82, 2.24) is 20.1 Å².